The van der Waals surface area contributed by atoms with Crippen LogP contribution < -0.4 is 10.6 Å². The van der Waals surface area contributed by atoms with Crippen LogP contribution in [-0.4, -0.2) is 40.3 Å². The van der Waals surface area contributed by atoms with Crippen molar-refractivity contribution in [2.75, 3.05) is 24.6 Å². The molecule has 3 N–H and O–H groups in total. The van der Waals surface area contributed by atoms with Crippen LogP contribution in [-0.2, 0) is 0 Å². The Morgan fingerprint density at radius 1 is 1.21 bits per heavy atom. The molecule has 0 atom stereocenters. The lowest BCUT2D eigenvalue weighted by Gasteiger charge is -2.39. The third kappa shape index (κ3) is 3.24. The second-order valence-corrected chi connectivity index (χ2v) is 6.98. The molecule has 1 fully saturated rings. The van der Waals surface area contributed by atoms with E-state index in [1.54, 1.807) is 0 Å². The molecule has 6 heteroatoms. The van der Waals surface area contributed by atoms with E-state index >= 15 is 0 Å². The van der Waals surface area contributed by atoms with E-state index in [9.17, 15) is 5.11 Å². The minimum Gasteiger partial charge on any atom is -0.394 e. The summed E-state index contributed by atoms with van der Waals surface area (Å²) in [6, 6.07) is 7.61. The number of aryl methyl sites for hydroxylation is 1. The molecule has 1 aromatic carbocycles. The van der Waals surface area contributed by atoms with Gasteiger partial charge in [0.1, 0.15) is 5.82 Å². The summed E-state index contributed by atoms with van der Waals surface area (Å²) in [6.45, 7) is 5.60. The number of hydrogen-bond donors (Lipinski definition) is 2. The first-order valence-corrected chi connectivity index (χ1v) is 8.56. The van der Waals surface area contributed by atoms with Crippen LogP contribution in [0.4, 0.5) is 5.82 Å². The average Bonchev–Trinajstić information content (AvgIpc) is 2.59. The highest BCUT2D eigenvalue weighted by Gasteiger charge is 2.31. The van der Waals surface area contributed by atoms with Crippen molar-refractivity contribution in [3.05, 3.63) is 40.5 Å². The van der Waals surface area contributed by atoms with Gasteiger partial charge in [0.15, 0.2) is 5.82 Å². The van der Waals surface area contributed by atoms with Crippen molar-refractivity contribution < 1.29 is 5.11 Å². The van der Waals surface area contributed by atoms with Crippen molar-refractivity contribution in [3.63, 3.8) is 0 Å². The van der Waals surface area contributed by atoms with Crippen LogP contribution in [0.1, 0.15) is 24.1 Å². The summed E-state index contributed by atoms with van der Waals surface area (Å²) >= 11 is 6.31. The molecule has 0 spiro atoms. The van der Waals surface area contributed by atoms with E-state index in [4.69, 9.17) is 22.3 Å². The second-order valence-electron chi connectivity index (χ2n) is 6.57. The minimum absolute atomic E-state index is 0.0213. The Hall–Kier alpha value is -1.69. The number of aromatic nitrogens is 2. The summed E-state index contributed by atoms with van der Waals surface area (Å²) in [5.41, 5.74) is 8.56. The van der Waals surface area contributed by atoms with Crippen LogP contribution in [0.3, 0.4) is 0 Å². The van der Waals surface area contributed by atoms with Gasteiger partial charge in [-0.15, -0.1) is 0 Å². The first kappa shape index (κ1) is 17.1. The SMILES string of the molecule is Cc1nc(-c2ccccc2Cl)nc(N2CCC(N)(CO)CC2)c1C. The van der Waals surface area contributed by atoms with E-state index in [1.165, 1.54) is 0 Å². The van der Waals surface area contributed by atoms with Gasteiger partial charge >= 0.3 is 0 Å². The fraction of sp³-hybridized carbons (Fsp3) is 0.444. The Balaban J connectivity index is 1.96. The molecule has 5 nitrogen and oxygen atoms in total. The molecule has 2 heterocycles. The maximum absolute atomic E-state index is 9.45. The second kappa shape index (κ2) is 6.67. The summed E-state index contributed by atoms with van der Waals surface area (Å²) in [6.07, 6.45) is 1.49. The van der Waals surface area contributed by atoms with E-state index < -0.39 is 5.54 Å². The van der Waals surface area contributed by atoms with Gasteiger partial charge in [-0.1, -0.05) is 23.7 Å². The van der Waals surface area contributed by atoms with E-state index in [-0.39, 0.29) is 6.61 Å². The van der Waals surface area contributed by atoms with Crippen molar-refractivity contribution >= 4 is 17.4 Å². The van der Waals surface area contributed by atoms with Crippen LogP contribution in [0.2, 0.25) is 5.02 Å². The minimum atomic E-state index is -0.474. The number of aliphatic hydroxyl groups is 1. The molecule has 3 rings (SSSR count). The van der Waals surface area contributed by atoms with E-state index in [1.807, 2.05) is 38.1 Å². The third-order valence-electron chi connectivity index (χ3n) is 4.85. The molecule has 0 saturated carbocycles. The predicted octanol–water partition coefficient (Wildman–Crippen LogP) is 2.70. The average molecular weight is 347 g/mol. The summed E-state index contributed by atoms with van der Waals surface area (Å²) in [7, 11) is 0. The molecule has 0 bridgehead atoms. The van der Waals surface area contributed by atoms with Crippen LogP contribution in [0, 0.1) is 13.8 Å². The molecule has 2 aromatic rings. The van der Waals surface area contributed by atoms with Gasteiger partial charge in [0.2, 0.25) is 0 Å². The molecule has 1 aliphatic heterocycles. The molecule has 128 valence electrons. The van der Waals surface area contributed by atoms with Gasteiger partial charge in [-0.05, 0) is 38.8 Å². The Morgan fingerprint density at radius 3 is 2.50 bits per heavy atom. The molecule has 0 amide bonds. The topological polar surface area (TPSA) is 75.3 Å². The van der Waals surface area contributed by atoms with Crippen LogP contribution in [0.15, 0.2) is 24.3 Å². The van der Waals surface area contributed by atoms with Gasteiger partial charge in [-0.25, -0.2) is 9.97 Å². The predicted molar refractivity (Wildman–Crippen MR) is 97.4 cm³/mol. The van der Waals surface area contributed by atoms with Gasteiger partial charge < -0.3 is 15.7 Å². The molecule has 0 unspecified atom stereocenters. The quantitative estimate of drug-likeness (QED) is 0.893. The number of rotatable bonds is 3. The number of piperidine rings is 1. The van der Waals surface area contributed by atoms with E-state index in [2.05, 4.69) is 9.88 Å². The Labute approximate surface area is 147 Å². The molecule has 1 aromatic heterocycles. The number of nitrogens with zero attached hydrogens (tertiary/aromatic N) is 3. The van der Waals surface area contributed by atoms with E-state index in [0.29, 0.717) is 10.8 Å². The molecule has 0 radical (unpaired) electrons. The highest BCUT2D eigenvalue weighted by molar-refractivity contribution is 6.33. The standard InChI is InChI=1S/C18H23ClN4O/c1-12-13(2)21-16(14-5-3-4-6-15(14)19)22-17(12)23-9-7-18(20,11-24)8-10-23/h3-6,24H,7-11,20H2,1-2H3. The van der Waals surface area contributed by atoms with Crippen molar-refractivity contribution in [3.8, 4) is 11.4 Å². The van der Waals surface area contributed by atoms with Crippen molar-refractivity contribution in [2.45, 2.75) is 32.2 Å². The zero-order valence-electron chi connectivity index (χ0n) is 14.1. The molecule has 24 heavy (non-hydrogen) atoms. The molecular weight excluding hydrogens is 324 g/mol. The zero-order valence-corrected chi connectivity index (χ0v) is 14.8. The van der Waals surface area contributed by atoms with Gasteiger partial charge in [-0.2, -0.15) is 0 Å². The summed E-state index contributed by atoms with van der Waals surface area (Å²) in [5.74, 6) is 1.57. The maximum Gasteiger partial charge on any atom is 0.163 e. The first-order chi connectivity index (χ1) is 11.4. The fourth-order valence-corrected chi connectivity index (χ4v) is 3.23. The normalized spacial score (nSPS) is 17.1. The number of benzene rings is 1. The van der Waals surface area contributed by atoms with Crippen molar-refractivity contribution in [2.24, 2.45) is 5.73 Å². The first-order valence-electron chi connectivity index (χ1n) is 8.18. The summed E-state index contributed by atoms with van der Waals surface area (Å²) in [5, 5.41) is 10.1. The molecule has 1 aliphatic rings. The summed E-state index contributed by atoms with van der Waals surface area (Å²) < 4.78 is 0. The highest BCUT2D eigenvalue weighted by Crippen LogP contribution is 2.31. The van der Waals surface area contributed by atoms with Crippen molar-refractivity contribution in [1.82, 2.24) is 9.97 Å². The maximum atomic E-state index is 9.45. The summed E-state index contributed by atoms with van der Waals surface area (Å²) in [4.78, 5) is 11.6. The van der Waals surface area contributed by atoms with Crippen LogP contribution in [0.5, 0.6) is 0 Å². The number of hydrogen-bond acceptors (Lipinski definition) is 5. The third-order valence-corrected chi connectivity index (χ3v) is 5.18. The van der Waals surface area contributed by atoms with E-state index in [0.717, 1.165) is 48.6 Å². The Morgan fingerprint density at radius 2 is 1.88 bits per heavy atom. The van der Waals surface area contributed by atoms with Crippen LogP contribution >= 0.6 is 11.6 Å². The molecule has 0 aliphatic carbocycles. The van der Waals surface area contributed by atoms with Gasteiger partial charge in [0.05, 0.1) is 11.6 Å². The van der Waals surface area contributed by atoms with Crippen LogP contribution in [0.25, 0.3) is 11.4 Å². The lowest BCUT2D eigenvalue weighted by atomic mass is 9.89. The van der Waals surface area contributed by atoms with Crippen molar-refractivity contribution in [1.29, 1.82) is 0 Å². The monoisotopic (exact) mass is 346 g/mol. The highest BCUT2D eigenvalue weighted by atomic mass is 35.5. The van der Waals surface area contributed by atoms with Gasteiger partial charge in [0.25, 0.3) is 0 Å². The Kier molecular flexibility index (Phi) is 4.76. The van der Waals surface area contributed by atoms with Gasteiger partial charge in [-0.3, -0.25) is 0 Å². The van der Waals surface area contributed by atoms with Gasteiger partial charge in [0, 0.05) is 35.4 Å². The lowest BCUT2D eigenvalue weighted by molar-refractivity contribution is 0.170. The molecule has 1 saturated heterocycles. The number of anilines is 1. The lowest BCUT2D eigenvalue weighted by Crippen LogP contribution is -2.53. The largest absolute Gasteiger partial charge is 0.394 e. The fourth-order valence-electron chi connectivity index (χ4n) is 3.01. The number of nitrogens with two attached hydrogens (primary N) is 1. The number of aliphatic hydroxyl groups excluding tert-OH is 1. The molecular formula is C18H23ClN4O. The number of halogens is 1. The smallest absolute Gasteiger partial charge is 0.163 e. The Bertz CT molecular complexity index is 742. The zero-order chi connectivity index (χ0) is 17.3.